The molecule has 0 bridgehead atoms. The van der Waals surface area contributed by atoms with Crippen molar-refractivity contribution in [1.29, 1.82) is 0 Å². The van der Waals surface area contributed by atoms with Crippen molar-refractivity contribution >= 4 is 17.1 Å². The highest BCUT2D eigenvalue weighted by Gasteiger charge is 2.21. The summed E-state index contributed by atoms with van der Waals surface area (Å²) in [6.07, 6.45) is 0. The number of hydrazine groups is 2. The van der Waals surface area contributed by atoms with Crippen LogP contribution in [0.4, 0.5) is 17.1 Å². The number of nitrogens with zero attached hydrogens (tertiary/aromatic N) is 2. The minimum Gasteiger partial charge on any atom is -0.399 e. The van der Waals surface area contributed by atoms with Crippen molar-refractivity contribution in [2.75, 3.05) is 29.8 Å². The first-order valence-corrected chi connectivity index (χ1v) is 4.39. The molecule has 0 aromatic heterocycles. The van der Waals surface area contributed by atoms with Crippen molar-refractivity contribution in [2.45, 2.75) is 6.92 Å². The molecule has 1 aromatic rings. The maximum absolute atomic E-state index is 5.69. The van der Waals surface area contributed by atoms with Crippen LogP contribution in [0.15, 0.2) is 18.2 Å². The van der Waals surface area contributed by atoms with E-state index in [1.54, 1.807) is 0 Å². The number of nitrogens with one attached hydrogen (secondary N) is 1. The standard InChI is InChI=1S/C9H14N4/c1-3-13-9-5-4-7(10)6-8(9)11-12(13)2/h4-6,11H,3,10H2,1-2H3. The molecular formula is C9H14N4. The molecule has 0 saturated carbocycles. The summed E-state index contributed by atoms with van der Waals surface area (Å²) < 4.78 is 0. The minimum absolute atomic E-state index is 0.789. The van der Waals surface area contributed by atoms with Crippen LogP contribution in [0.25, 0.3) is 0 Å². The summed E-state index contributed by atoms with van der Waals surface area (Å²) in [4.78, 5) is 0. The summed E-state index contributed by atoms with van der Waals surface area (Å²) in [5, 5.41) is 4.11. The Morgan fingerprint density at radius 3 is 2.92 bits per heavy atom. The van der Waals surface area contributed by atoms with Crippen LogP contribution in [0.3, 0.4) is 0 Å². The number of nitrogens with two attached hydrogens (primary N) is 1. The van der Waals surface area contributed by atoms with Gasteiger partial charge in [0.1, 0.15) is 0 Å². The second-order valence-electron chi connectivity index (χ2n) is 3.13. The molecule has 1 aromatic carbocycles. The third kappa shape index (κ3) is 1.19. The van der Waals surface area contributed by atoms with Crippen molar-refractivity contribution < 1.29 is 0 Å². The molecule has 1 heterocycles. The van der Waals surface area contributed by atoms with Gasteiger partial charge in [0.05, 0.1) is 11.4 Å². The zero-order chi connectivity index (χ0) is 9.42. The minimum atomic E-state index is 0.789. The summed E-state index contributed by atoms with van der Waals surface area (Å²) in [5.74, 6) is 0. The molecule has 13 heavy (non-hydrogen) atoms. The van der Waals surface area contributed by atoms with Crippen molar-refractivity contribution in [3.05, 3.63) is 18.2 Å². The van der Waals surface area contributed by atoms with Gasteiger partial charge in [-0.2, -0.15) is 0 Å². The van der Waals surface area contributed by atoms with Gasteiger partial charge in [0.25, 0.3) is 0 Å². The van der Waals surface area contributed by atoms with Crippen molar-refractivity contribution in [3.8, 4) is 0 Å². The summed E-state index contributed by atoms with van der Waals surface area (Å²) in [5.41, 5.74) is 11.9. The average Bonchev–Trinajstić information content (AvgIpc) is 2.39. The van der Waals surface area contributed by atoms with Gasteiger partial charge in [-0.25, -0.2) is 0 Å². The lowest BCUT2D eigenvalue weighted by Crippen LogP contribution is -2.37. The van der Waals surface area contributed by atoms with E-state index < -0.39 is 0 Å². The normalized spacial score (nSPS) is 15.7. The van der Waals surface area contributed by atoms with Gasteiger partial charge in [-0.1, -0.05) is 0 Å². The molecule has 4 nitrogen and oxygen atoms in total. The molecule has 0 saturated heterocycles. The first kappa shape index (κ1) is 8.19. The fraction of sp³-hybridized carbons (Fsp3) is 0.333. The van der Waals surface area contributed by atoms with Crippen LogP contribution < -0.4 is 16.2 Å². The maximum Gasteiger partial charge on any atom is 0.0786 e. The van der Waals surface area contributed by atoms with E-state index in [0.717, 1.165) is 17.9 Å². The SMILES string of the molecule is CCN1c2ccc(N)cc2NN1C. The quantitative estimate of drug-likeness (QED) is 0.636. The van der Waals surface area contributed by atoms with E-state index in [1.165, 1.54) is 5.69 Å². The highest BCUT2D eigenvalue weighted by molar-refractivity contribution is 5.76. The summed E-state index contributed by atoms with van der Waals surface area (Å²) in [6, 6.07) is 5.90. The molecule has 0 fully saturated rings. The van der Waals surface area contributed by atoms with Crippen LogP contribution in [0.5, 0.6) is 0 Å². The van der Waals surface area contributed by atoms with Gasteiger partial charge in [-0.3, -0.25) is 10.4 Å². The largest absolute Gasteiger partial charge is 0.399 e. The summed E-state index contributed by atoms with van der Waals surface area (Å²) in [7, 11) is 1.99. The Kier molecular flexibility index (Phi) is 1.77. The smallest absolute Gasteiger partial charge is 0.0786 e. The number of benzene rings is 1. The van der Waals surface area contributed by atoms with E-state index in [9.17, 15) is 0 Å². The van der Waals surface area contributed by atoms with Gasteiger partial charge < -0.3 is 5.73 Å². The Morgan fingerprint density at radius 1 is 1.46 bits per heavy atom. The van der Waals surface area contributed by atoms with Crippen LogP contribution in [0.1, 0.15) is 6.92 Å². The number of nitrogen functional groups attached to an aromatic ring is 1. The number of rotatable bonds is 1. The first-order valence-electron chi connectivity index (χ1n) is 4.39. The van der Waals surface area contributed by atoms with Crippen LogP contribution in [0, 0.1) is 0 Å². The molecule has 4 heteroatoms. The molecule has 0 radical (unpaired) electrons. The number of anilines is 3. The van der Waals surface area contributed by atoms with Crippen LogP contribution in [0.2, 0.25) is 0 Å². The molecule has 0 amide bonds. The summed E-state index contributed by atoms with van der Waals surface area (Å²) >= 11 is 0. The topological polar surface area (TPSA) is 44.5 Å². The molecule has 2 rings (SSSR count). The van der Waals surface area contributed by atoms with E-state index in [1.807, 2.05) is 30.4 Å². The molecule has 1 aliphatic rings. The van der Waals surface area contributed by atoms with Gasteiger partial charge in [0, 0.05) is 19.3 Å². The van der Waals surface area contributed by atoms with Crippen molar-refractivity contribution in [1.82, 2.24) is 5.12 Å². The molecular weight excluding hydrogens is 164 g/mol. The Morgan fingerprint density at radius 2 is 2.23 bits per heavy atom. The zero-order valence-electron chi connectivity index (χ0n) is 7.91. The second-order valence-corrected chi connectivity index (χ2v) is 3.13. The third-order valence-electron chi connectivity index (χ3n) is 2.24. The fourth-order valence-corrected chi connectivity index (χ4v) is 1.65. The van der Waals surface area contributed by atoms with Crippen molar-refractivity contribution in [3.63, 3.8) is 0 Å². The molecule has 0 unspecified atom stereocenters. The van der Waals surface area contributed by atoms with Gasteiger partial charge >= 0.3 is 0 Å². The highest BCUT2D eigenvalue weighted by Crippen LogP contribution is 2.33. The maximum atomic E-state index is 5.69. The van der Waals surface area contributed by atoms with Crippen LogP contribution in [-0.2, 0) is 0 Å². The van der Waals surface area contributed by atoms with Gasteiger partial charge in [-0.15, -0.1) is 5.12 Å². The molecule has 0 aliphatic carbocycles. The Labute approximate surface area is 77.9 Å². The Bertz CT molecular complexity index is 323. The van der Waals surface area contributed by atoms with Gasteiger partial charge in [0.15, 0.2) is 0 Å². The fourth-order valence-electron chi connectivity index (χ4n) is 1.65. The number of hydrogen-bond donors (Lipinski definition) is 2. The number of fused-ring (bicyclic) bond motifs is 1. The molecule has 70 valence electrons. The molecule has 0 spiro atoms. The average molecular weight is 178 g/mol. The van der Waals surface area contributed by atoms with E-state index in [-0.39, 0.29) is 0 Å². The van der Waals surface area contributed by atoms with Crippen molar-refractivity contribution in [2.24, 2.45) is 0 Å². The van der Waals surface area contributed by atoms with Crippen LogP contribution in [-0.4, -0.2) is 18.7 Å². The third-order valence-corrected chi connectivity index (χ3v) is 2.24. The van der Waals surface area contributed by atoms with Gasteiger partial charge in [-0.05, 0) is 25.1 Å². The highest BCUT2D eigenvalue weighted by atomic mass is 15.8. The monoisotopic (exact) mass is 178 g/mol. The number of hydrogen-bond acceptors (Lipinski definition) is 4. The van der Waals surface area contributed by atoms with E-state index in [4.69, 9.17) is 5.73 Å². The Hall–Kier alpha value is -1.42. The van der Waals surface area contributed by atoms with Gasteiger partial charge in [0.2, 0.25) is 0 Å². The van der Waals surface area contributed by atoms with E-state index >= 15 is 0 Å². The van der Waals surface area contributed by atoms with Crippen LogP contribution >= 0.6 is 0 Å². The van der Waals surface area contributed by atoms with E-state index in [0.29, 0.717) is 0 Å². The molecule has 0 atom stereocenters. The lowest BCUT2D eigenvalue weighted by Gasteiger charge is -2.23. The predicted octanol–water partition coefficient (Wildman–Crippen LogP) is 1.28. The Balaban J connectivity index is 2.42. The predicted molar refractivity (Wildman–Crippen MR) is 55.3 cm³/mol. The van der Waals surface area contributed by atoms with E-state index in [2.05, 4.69) is 17.4 Å². The molecule has 1 aliphatic heterocycles. The lowest BCUT2D eigenvalue weighted by atomic mass is 10.2. The first-order chi connectivity index (χ1) is 6.22. The lowest BCUT2D eigenvalue weighted by molar-refractivity contribution is 0.392. The summed E-state index contributed by atoms with van der Waals surface area (Å²) in [6.45, 7) is 3.06. The molecule has 3 N–H and O–H groups in total. The second kappa shape index (κ2) is 2.81. The zero-order valence-corrected chi connectivity index (χ0v) is 7.91.